The molecule has 1 aliphatic carbocycles. The third kappa shape index (κ3) is 2.13. The molecule has 0 unspecified atom stereocenters. The maximum absolute atomic E-state index is 4.95. The molecule has 1 saturated carbocycles. The van der Waals surface area contributed by atoms with Crippen LogP contribution in [0, 0.1) is 0 Å². The molecule has 0 spiro atoms. The van der Waals surface area contributed by atoms with Crippen LogP contribution < -0.4 is 0 Å². The van der Waals surface area contributed by atoms with Crippen molar-refractivity contribution >= 4 is 10.9 Å². The molecular formula is C18H19N3. The molecule has 0 atom stereocenters. The molecular weight excluding hydrogens is 258 g/mol. The van der Waals surface area contributed by atoms with E-state index in [2.05, 4.69) is 36.3 Å². The SMILES string of the molecule is CCc1cccc2c(C3CC3)cc(-c3cnn(C)c3)nc12. The molecule has 4 rings (SSSR count). The van der Waals surface area contributed by atoms with Crippen molar-refractivity contribution in [2.24, 2.45) is 7.05 Å². The molecule has 0 bridgehead atoms. The van der Waals surface area contributed by atoms with Gasteiger partial charge in [-0.2, -0.15) is 5.10 Å². The quantitative estimate of drug-likeness (QED) is 0.722. The molecule has 1 aromatic carbocycles. The van der Waals surface area contributed by atoms with Crippen LogP contribution in [-0.2, 0) is 13.5 Å². The Morgan fingerprint density at radius 2 is 2.14 bits per heavy atom. The predicted octanol–water partition coefficient (Wildman–Crippen LogP) is 4.08. The molecule has 0 radical (unpaired) electrons. The third-order valence-electron chi connectivity index (χ3n) is 4.35. The van der Waals surface area contributed by atoms with Crippen LogP contribution in [0.1, 0.15) is 36.8 Å². The molecule has 3 nitrogen and oxygen atoms in total. The van der Waals surface area contributed by atoms with Gasteiger partial charge < -0.3 is 0 Å². The number of para-hydroxylation sites is 1. The zero-order chi connectivity index (χ0) is 14.4. The van der Waals surface area contributed by atoms with Gasteiger partial charge in [0.15, 0.2) is 0 Å². The van der Waals surface area contributed by atoms with Gasteiger partial charge in [-0.15, -0.1) is 0 Å². The van der Waals surface area contributed by atoms with Gasteiger partial charge in [0.05, 0.1) is 17.4 Å². The van der Waals surface area contributed by atoms with Crippen LogP contribution in [-0.4, -0.2) is 14.8 Å². The molecule has 106 valence electrons. The first kappa shape index (κ1) is 12.6. The highest BCUT2D eigenvalue weighted by Gasteiger charge is 2.26. The topological polar surface area (TPSA) is 30.7 Å². The van der Waals surface area contributed by atoms with Crippen molar-refractivity contribution in [2.75, 3.05) is 0 Å². The first-order chi connectivity index (χ1) is 10.3. The molecule has 1 aliphatic rings. The van der Waals surface area contributed by atoms with Gasteiger partial charge >= 0.3 is 0 Å². The smallest absolute Gasteiger partial charge is 0.0744 e. The van der Waals surface area contributed by atoms with E-state index in [0.717, 1.165) is 23.6 Å². The van der Waals surface area contributed by atoms with E-state index in [1.54, 1.807) is 0 Å². The summed E-state index contributed by atoms with van der Waals surface area (Å²) in [7, 11) is 1.95. The van der Waals surface area contributed by atoms with Gasteiger partial charge in [-0.05, 0) is 42.4 Å². The Morgan fingerprint density at radius 3 is 2.81 bits per heavy atom. The highest BCUT2D eigenvalue weighted by atomic mass is 15.2. The van der Waals surface area contributed by atoms with Crippen molar-refractivity contribution in [3.05, 3.63) is 47.8 Å². The summed E-state index contributed by atoms with van der Waals surface area (Å²) in [6.45, 7) is 2.20. The van der Waals surface area contributed by atoms with Crippen LogP contribution in [0.15, 0.2) is 36.7 Å². The fourth-order valence-corrected chi connectivity index (χ4v) is 3.05. The second-order valence-electron chi connectivity index (χ2n) is 5.94. The molecule has 0 aliphatic heterocycles. The van der Waals surface area contributed by atoms with Gasteiger partial charge in [0.2, 0.25) is 0 Å². The lowest BCUT2D eigenvalue weighted by molar-refractivity contribution is 0.768. The van der Waals surface area contributed by atoms with Gasteiger partial charge in [0.1, 0.15) is 0 Å². The van der Waals surface area contributed by atoms with E-state index in [9.17, 15) is 0 Å². The Bertz CT molecular complexity index is 812. The maximum atomic E-state index is 4.95. The van der Waals surface area contributed by atoms with Crippen LogP contribution >= 0.6 is 0 Å². The fraction of sp³-hybridized carbons (Fsp3) is 0.333. The molecule has 3 aromatic rings. The van der Waals surface area contributed by atoms with Crippen molar-refractivity contribution in [3.8, 4) is 11.3 Å². The Kier molecular flexibility index (Phi) is 2.81. The summed E-state index contributed by atoms with van der Waals surface area (Å²) in [4.78, 5) is 4.95. The normalized spacial score (nSPS) is 14.8. The first-order valence-corrected chi connectivity index (χ1v) is 7.68. The van der Waals surface area contributed by atoms with Crippen molar-refractivity contribution < 1.29 is 0 Å². The minimum absolute atomic E-state index is 0.720. The Labute approximate surface area is 124 Å². The summed E-state index contributed by atoms with van der Waals surface area (Å²) >= 11 is 0. The first-order valence-electron chi connectivity index (χ1n) is 7.68. The highest BCUT2D eigenvalue weighted by Crippen LogP contribution is 2.44. The van der Waals surface area contributed by atoms with Crippen molar-refractivity contribution in [3.63, 3.8) is 0 Å². The number of aryl methyl sites for hydroxylation is 2. The lowest BCUT2D eigenvalue weighted by Gasteiger charge is -2.11. The zero-order valence-corrected chi connectivity index (χ0v) is 12.5. The predicted molar refractivity (Wildman–Crippen MR) is 85.3 cm³/mol. The molecule has 2 aromatic heterocycles. The minimum Gasteiger partial charge on any atom is -0.275 e. The van der Waals surface area contributed by atoms with Crippen molar-refractivity contribution in [1.82, 2.24) is 14.8 Å². The monoisotopic (exact) mass is 277 g/mol. The van der Waals surface area contributed by atoms with Crippen molar-refractivity contribution in [1.29, 1.82) is 0 Å². The summed E-state index contributed by atoms with van der Waals surface area (Å²) in [6, 6.07) is 8.86. The van der Waals surface area contributed by atoms with E-state index in [4.69, 9.17) is 4.98 Å². The van der Waals surface area contributed by atoms with Crippen LogP contribution in [0.3, 0.4) is 0 Å². The average Bonchev–Trinajstić information content (AvgIpc) is 3.26. The fourth-order valence-electron chi connectivity index (χ4n) is 3.05. The average molecular weight is 277 g/mol. The molecule has 21 heavy (non-hydrogen) atoms. The molecule has 2 heterocycles. The number of hydrogen-bond acceptors (Lipinski definition) is 2. The van der Waals surface area contributed by atoms with E-state index in [-0.39, 0.29) is 0 Å². The maximum Gasteiger partial charge on any atom is 0.0744 e. The standard InChI is InChI=1S/C18H19N3/c1-3-12-5-4-6-15-16(13-7-8-13)9-17(20-18(12)15)14-10-19-21(2)11-14/h4-6,9-11,13H,3,7-8H2,1-2H3. The number of nitrogens with zero attached hydrogens (tertiary/aromatic N) is 3. The summed E-state index contributed by atoms with van der Waals surface area (Å²) in [6.07, 6.45) is 7.58. The Hall–Kier alpha value is -2.16. The summed E-state index contributed by atoms with van der Waals surface area (Å²) in [5, 5.41) is 5.62. The number of hydrogen-bond donors (Lipinski definition) is 0. The summed E-state index contributed by atoms with van der Waals surface area (Å²) in [5.41, 5.74) is 6.13. The zero-order valence-electron chi connectivity index (χ0n) is 12.5. The van der Waals surface area contributed by atoms with E-state index in [0.29, 0.717) is 0 Å². The van der Waals surface area contributed by atoms with E-state index in [1.165, 1.54) is 34.9 Å². The lowest BCUT2D eigenvalue weighted by atomic mass is 9.99. The molecule has 0 amide bonds. The minimum atomic E-state index is 0.720. The molecule has 3 heteroatoms. The van der Waals surface area contributed by atoms with Gasteiger partial charge in [0.25, 0.3) is 0 Å². The molecule has 0 N–H and O–H groups in total. The van der Waals surface area contributed by atoms with Crippen molar-refractivity contribution in [2.45, 2.75) is 32.1 Å². The van der Waals surface area contributed by atoms with Crippen LogP contribution in [0.25, 0.3) is 22.2 Å². The second kappa shape index (κ2) is 4.69. The number of rotatable bonds is 3. The van der Waals surface area contributed by atoms with E-state index >= 15 is 0 Å². The van der Waals surface area contributed by atoms with Crippen LogP contribution in [0.5, 0.6) is 0 Å². The van der Waals surface area contributed by atoms with Crippen LogP contribution in [0.4, 0.5) is 0 Å². The molecule has 0 saturated heterocycles. The number of aromatic nitrogens is 3. The lowest BCUT2D eigenvalue weighted by Crippen LogP contribution is -1.94. The van der Waals surface area contributed by atoms with Gasteiger partial charge in [-0.1, -0.05) is 25.1 Å². The second-order valence-corrected chi connectivity index (χ2v) is 5.94. The van der Waals surface area contributed by atoms with E-state index in [1.807, 2.05) is 24.1 Å². The number of benzene rings is 1. The van der Waals surface area contributed by atoms with E-state index < -0.39 is 0 Å². The summed E-state index contributed by atoms with van der Waals surface area (Å²) in [5.74, 6) is 0.720. The third-order valence-corrected chi connectivity index (χ3v) is 4.35. The van der Waals surface area contributed by atoms with Gasteiger partial charge in [-0.25, -0.2) is 4.98 Å². The van der Waals surface area contributed by atoms with Gasteiger partial charge in [0, 0.05) is 24.2 Å². The van der Waals surface area contributed by atoms with Crippen LogP contribution in [0.2, 0.25) is 0 Å². The Balaban J connectivity index is 2.00. The van der Waals surface area contributed by atoms with Gasteiger partial charge in [-0.3, -0.25) is 4.68 Å². The largest absolute Gasteiger partial charge is 0.275 e. The Morgan fingerprint density at radius 1 is 1.29 bits per heavy atom. The molecule has 1 fully saturated rings. The highest BCUT2D eigenvalue weighted by molar-refractivity contribution is 5.88. The summed E-state index contributed by atoms with van der Waals surface area (Å²) < 4.78 is 1.84. The number of fused-ring (bicyclic) bond motifs is 1. The number of pyridine rings is 1.